The van der Waals surface area contributed by atoms with Gasteiger partial charge in [0.05, 0.1) is 10.6 Å². The van der Waals surface area contributed by atoms with Gasteiger partial charge < -0.3 is 14.5 Å². The number of benzene rings is 3. The summed E-state index contributed by atoms with van der Waals surface area (Å²) >= 11 is 12.3. The Kier molecular flexibility index (Phi) is 5.93. The van der Waals surface area contributed by atoms with Crippen molar-refractivity contribution in [2.45, 2.75) is 13.3 Å². The summed E-state index contributed by atoms with van der Waals surface area (Å²) in [7, 11) is 0. The second-order valence-electron chi connectivity index (χ2n) is 6.66. The predicted octanol–water partition coefficient (Wildman–Crippen LogP) is 6.38. The molecule has 0 aliphatic carbocycles. The summed E-state index contributed by atoms with van der Waals surface area (Å²) in [5, 5.41) is 3.83. The third-order valence-corrected chi connectivity index (χ3v) is 5.10. The molecule has 0 unspecified atom stereocenters. The third-order valence-electron chi connectivity index (χ3n) is 4.53. The number of hydrogen-bond acceptors (Lipinski definition) is 4. The minimum absolute atomic E-state index is 0.0916. The number of amides is 1. The fourth-order valence-corrected chi connectivity index (χ4v) is 3.32. The number of anilines is 1. The molecule has 1 amide bonds. The predicted molar refractivity (Wildman–Crippen MR) is 119 cm³/mol. The van der Waals surface area contributed by atoms with Gasteiger partial charge in [0.15, 0.2) is 12.2 Å². The second-order valence-corrected chi connectivity index (χ2v) is 7.50. The summed E-state index contributed by atoms with van der Waals surface area (Å²) in [5.74, 6) is 0.743. The summed E-state index contributed by atoms with van der Waals surface area (Å²) in [6, 6.07) is 18.0. The monoisotopic (exact) mass is 440 g/mol. The topological polar surface area (TPSA) is 64.4 Å². The summed E-state index contributed by atoms with van der Waals surface area (Å²) in [4.78, 5) is 16.7. The number of nitrogens with zero attached hydrogens (tertiary/aromatic N) is 1. The number of ether oxygens (including phenoxy) is 1. The van der Waals surface area contributed by atoms with Crippen molar-refractivity contribution >= 4 is 45.9 Å². The minimum Gasteiger partial charge on any atom is -0.484 e. The Bertz CT molecular complexity index is 1200. The number of fused-ring (bicyclic) bond motifs is 1. The molecule has 0 bridgehead atoms. The van der Waals surface area contributed by atoms with Crippen LogP contribution in [0.5, 0.6) is 5.75 Å². The first-order valence-electron chi connectivity index (χ1n) is 9.39. The van der Waals surface area contributed by atoms with Crippen LogP contribution in [0.15, 0.2) is 65.1 Å². The van der Waals surface area contributed by atoms with Gasteiger partial charge in [0.25, 0.3) is 5.91 Å². The SMILES string of the molecule is CCc1ccc(OCC(=O)Nc2ccc3oc(-c4cc(Cl)ccc4Cl)nc3c2)cc1. The molecule has 0 saturated carbocycles. The zero-order chi connectivity index (χ0) is 21.1. The van der Waals surface area contributed by atoms with Gasteiger partial charge in [0.1, 0.15) is 11.3 Å². The van der Waals surface area contributed by atoms with E-state index in [0.717, 1.165) is 6.42 Å². The van der Waals surface area contributed by atoms with Crippen LogP contribution in [-0.2, 0) is 11.2 Å². The summed E-state index contributed by atoms with van der Waals surface area (Å²) in [5.41, 5.74) is 3.58. The molecule has 0 saturated heterocycles. The Morgan fingerprint density at radius 1 is 1.07 bits per heavy atom. The lowest BCUT2D eigenvalue weighted by molar-refractivity contribution is -0.118. The van der Waals surface area contributed by atoms with Gasteiger partial charge in [-0.1, -0.05) is 42.3 Å². The van der Waals surface area contributed by atoms with E-state index >= 15 is 0 Å². The van der Waals surface area contributed by atoms with Crippen molar-refractivity contribution in [3.63, 3.8) is 0 Å². The maximum absolute atomic E-state index is 12.2. The molecular formula is C23H18Cl2N2O3. The maximum atomic E-state index is 12.2. The fraction of sp³-hybridized carbons (Fsp3) is 0.130. The van der Waals surface area contributed by atoms with Crippen molar-refractivity contribution in [2.75, 3.05) is 11.9 Å². The Morgan fingerprint density at radius 2 is 1.87 bits per heavy atom. The van der Waals surface area contributed by atoms with E-state index in [2.05, 4.69) is 17.2 Å². The number of rotatable bonds is 6. The molecule has 1 N–H and O–H groups in total. The van der Waals surface area contributed by atoms with Gasteiger partial charge in [-0.3, -0.25) is 4.79 Å². The Labute approximate surface area is 183 Å². The fourth-order valence-electron chi connectivity index (χ4n) is 2.95. The van der Waals surface area contributed by atoms with E-state index in [4.69, 9.17) is 32.4 Å². The first kappa shape index (κ1) is 20.3. The Balaban J connectivity index is 1.45. The normalized spacial score (nSPS) is 10.9. The molecule has 1 aromatic heterocycles. The molecule has 3 aromatic carbocycles. The van der Waals surface area contributed by atoms with Crippen LogP contribution in [0.3, 0.4) is 0 Å². The zero-order valence-electron chi connectivity index (χ0n) is 16.1. The van der Waals surface area contributed by atoms with Crippen molar-refractivity contribution in [2.24, 2.45) is 0 Å². The van der Waals surface area contributed by atoms with Crippen LogP contribution in [0.25, 0.3) is 22.6 Å². The molecule has 7 heteroatoms. The molecule has 0 spiro atoms. The molecule has 0 atom stereocenters. The standard InChI is InChI=1S/C23H18Cl2N2O3/c1-2-14-3-7-17(8-4-14)29-13-22(28)26-16-6-10-21-20(12-16)27-23(30-21)18-11-15(24)5-9-19(18)25/h3-12H,2,13H2,1H3,(H,26,28). The second kappa shape index (κ2) is 8.78. The number of carbonyl (C=O) groups excluding carboxylic acids is 1. The summed E-state index contributed by atoms with van der Waals surface area (Å²) in [6.45, 7) is 1.99. The molecule has 0 fully saturated rings. The number of hydrogen-bond donors (Lipinski definition) is 1. The largest absolute Gasteiger partial charge is 0.484 e. The van der Waals surface area contributed by atoms with Crippen molar-refractivity contribution in [1.29, 1.82) is 0 Å². The van der Waals surface area contributed by atoms with Crippen molar-refractivity contribution in [3.8, 4) is 17.2 Å². The molecular weight excluding hydrogens is 423 g/mol. The van der Waals surface area contributed by atoms with E-state index < -0.39 is 0 Å². The number of nitrogens with one attached hydrogen (secondary N) is 1. The first-order chi connectivity index (χ1) is 14.5. The van der Waals surface area contributed by atoms with E-state index in [-0.39, 0.29) is 12.5 Å². The molecule has 0 aliphatic heterocycles. The lowest BCUT2D eigenvalue weighted by Gasteiger charge is -2.08. The van der Waals surface area contributed by atoms with E-state index in [9.17, 15) is 4.79 Å². The van der Waals surface area contributed by atoms with E-state index in [0.29, 0.717) is 44.0 Å². The van der Waals surface area contributed by atoms with Crippen molar-refractivity contribution in [3.05, 3.63) is 76.3 Å². The van der Waals surface area contributed by atoms with Gasteiger partial charge >= 0.3 is 0 Å². The van der Waals surface area contributed by atoms with E-state index in [1.54, 1.807) is 36.4 Å². The van der Waals surface area contributed by atoms with Crippen LogP contribution >= 0.6 is 23.2 Å². The van der Waals surface area contributed by atoms with Crippen LogP contribution in [-0.4, -0.2) is 17.5 Å². The molecule has 4 rings (SSSR count). The summed E-state index contributed by atoms with van der Waals surface area (Å²) < 4.78 is 11.3. The van der Waals surface area contributed by atoms with E-state index in [1.807, 2.05) is 24.3 Å². The summed E-state index contributed by atoms with van der Waals surface area (Å²) in [6.07, 6.45) is 0.955. The number of aryl methyl sites for hydroxylation is 1. The highest BCUT2D eigenvalue weighted by Crippen LogP contribution is 2.32. The van der Waals surface area contributed by atoms with Gasteiger partial charge in [0.2, 0.25) is 5.89 Å². The Morgan fingerprint density at radius 3 is 2.63 bits per heavy atom. The van der Waals surface area contributed by atoms with Crippen LogP contribution < -0.4 is 10.1 Å². The highest BCUT2D eigenvalue weighted by atomic mass is 35.5. The lowest BCUT2D eigenvalue weighted by Crippen LogP contribution is -2.20. The number of aromatic nitrogens is 1. The van der Waals surface area contributed by atoms with Gasteiger partial charge in [-0.2, -0.15) is 0 Å². The van der Waals surface area contributed by atoms with Gasteiger partial charge in [0, 0.05) is 10.7 Å². The van der Waals surface area contributed by atoms with Crippen LogP contribution in [0.2, 0.25) is 10.0 Å². The van der Waals surface area contributed by atoms with E-state index in [1.165, 1.54) is 5.56 Å². The molecule has 0 radical (unpaired) electrons. The quantitative estimate of drug-likeness (QED) is 0.377. The van der Waals surface area contributed by atoms with Gasteiger partial charge in [-0.25, -0.2) is 4.98 Å². The maximum Gasteiger partial charge on any atom is 0.262 e. The molecule has 5 nitrogen and oxygen atoms in total. The van der Waals surface area contributed by atoms with Crippen LogP contribution in [0.1, 0.15) is 12.5 Å². The third kappa shape index (κ3) is 4.58. The minimum atomic E-state index is -0.268. The number of halogens is 2. The Hall–Kier alpha value is -3.02. The highest BCUT2D eigenvalue weighted by molar-refractivity contribution is 6.35. The average molecular weight is 441 g/mol. The van der Waals surface area contributed by atoms with Crippen LogP contribution in [0.4, 0.5) is 5.69 Å². The molecule has 1 heterocycles. The molecule has 30 heavy (non-hydrogen) atoms. The smallest absolute Gasteiger partial charge is 0.262 e. The first-order valence-corrected chi connectivity index (χ1v) is 10.1. The lowest BCUT2D eigenvalue weighted by atomic mass is 10.2. The number of carbonyl (C=O) groups is 1. The average Bonchev–Trinajstić information content (AvgIpc) is 3.17. The van der Waals surface area contributed by atoms with Crippen LogP contribution in [0, 0.1) is 0 Å². The zero-order valence-corrected chi connectivity index (χ0v) is 17.6. The highest BCUT2D eigenvalue weighted by Gasteiger charge is 2.13. The van der Waals surface area contributed by atoms with Gasteiger partial charge in [-0.05, 0) is 60.5 Å². The molecule has 152 valence electrons. The van der Waals surface area contributed by atoms with Gasteiger partial charge in [-0.15, -0.1) is 0 Å². The molecule has 4 aromatic rings. The van der Waals surface area contributed by atoms with Crippen molar-refractivity contribution < 1.29 is 13.9 Å². The van der Waals surface area contributed by atoms with Crippen molar-refractivity contribution in [1.82, 2.24) is 4.98 Å². The molecule has 0 aliphatic rings. The number of oxazole rings is 1.